The maximum atomic E-state index is 11.9. The molecule has 19 heavy (non-hydrogen) atoms. The Balaban J connectivity index is 2.22. The van der Waals surface area contributed by atoms with Gasteiger partial charge in [0.2, 0.25) is 0 Å². The monoisotopic (exact) mass is 282 g/mol. The molecule has 6 heteroatoms. The van der Waals surface area contributed by atoms with Crippen molar-refractivity contribution in [3.05, 3.63) is 0 Å². The van der Waals surface area contributed by atoms with Crippen LogP contribution in [0.4, 0.5) is 13.2 Å². The number of hydrogen-bond donors (Lipinski definition) is 1. The fourth-order valence-electron chi connectivity index (χ4n) is 2.89. The van der Waals surface area contributed by atoms with Crippen LogP contribution in [-0.2, 0) is 4.74 Å². The first-order valence-electron chi connectivity index (χ1n) is 7.06. The van der Waals surface area contributed by atoms with Crippen LogP contribution in [0.25, 0.3) is 0 Å². The largest absolute Gasteiger partial charge is 0.411 e. The molecule has 2 N–H and O–H groups in total. The average Bonchev–Trinajstić information content (AvgIpc) is 2.80. The molecule has 0 aromatic heterocycles. The second-order valence-electron chi connectivity index (χ2n) is 5.14. The van der Waals surface area contributed by atoms with E-state index in [0.717, 1.165) is 19.5 Å². The number of nitrogens with two attached hydrogens (primary N) is 1. The zero-order valence-corrected chi connectivity index (χ0v) is 11.6. The summed E-state index contributed by atoms with van der Waals surface area (Å²) in [5, 5.41) is 0. The molecule has 1 fully saturated rings. The lowest BCUT2D eigenvalue weighted by atomic mass is 10.0. The molecule has 0 amide bonds. The van der Waals surface area contributed by atoms with E-state index in [1.54, 1.807) is 0 Å². The summed E-state index contributed by atoms with van der Waals surface area (Å²) in [6, 6.07) is 0.498. The van der Waals surface area contributed by atoms with Gasteiger partial charge in [-0.25, -0.2) is 0 Å². The number of halogens is 3. The highest BCUT2D eigenvalue weighted by Crippen LogP contribution is 2.29. The first-order chi connectivity index (χ1) is 8.98. The lowest BCUT2D eigenvalue weighted by Gasteiger charge is -2.31. The molecule has 0 bridgehead atoms. The molecule has 1 saturated carbocycles. The van der Waals surface area contributed by atoms with Gasteiger partial charge in [-0.3, -0.25) is 0 Å². The van der Waals surface area contributed by atoms with Gasteiger partial charge in [0.25, 0.3) is 0 Å². The third-order valence-corrected chi connectivity index (χ3v) is 3.80. The normalized spacial score (nSPS) is 24.3. The fourth-order valence-corrected chi connectivity index (χ4v) is 2.89. The summed E-state index contributed by atoms with van der Waals surface area (Å²) in [5.41, 5.74) is 5.76. The Kier molecular flexibility index (Phi) is 7.10. The molecule has 0 aliphatic heterocycles. The van der Waals surface area contributed by atoms with Gasteiger partial charge in [-0.05, 0) is 38.3 Å². The van der Waals surface area contributed by atoms with Crippen LogP contribution in [0, 0.1) is 5.92 Å². The van der Waals surface area contributed by atoms with Crippen LogP contribution in [-0.4, -0.2) is 50.0 Å². The first-order valence-corrected chi connectivity index (χ1v) is 7.06. The molecule has 2 unspecified atom stereocenters. The lowest BCUT2D eigenvalue weighted by molar-refractivity contribution is -0.174. The molecule has 1 rings (SSSR count). The molecular formula is C13H25F3N2O. The van der Waals surface area contributed by atoms with E-state index in [1.165, 1.54) is 12.8 Å². The van der Waals surface area contributed by atoms with Crippen molar-refractivity contribution in [2.24, 2.45) is 11.7 Å². The summed E-state index contributed by atoms with van der Waals surface area (Å²) in [4.78, 5) is 2.33. The SMILES string of the molecule is CCN(CCCOCC(F)(F)F)C1CCCC1CN. The smallest absolute Gasteiger partial charge is 0.372 e. The summed E-state index contributed by atoms with van der Waals surface area (Å²) in [5.74, 6) is 0.538. The Morgan fingerprint density at radius 2 is 2.05 bits per heavy atom. The highest BCUT2D eigenvalue weighted by atomic mass is 19.4. The maximum Gasteiger partial charge on any atom is 0.411 e. The molecule has 1 aliphatic carbocycles. The molecule has 0 aromatic rings. The van der Waals surface area contributed by atoms with Crippen molar-refractivity contribution in [1.82, 2.24) is 4.90 Å². The zero-order chi connectivity index (χ0) is 14.3. The maximum absolute atomic E-state index is 11.9. The van der Waals surface area contributed by atoms with Gasteiger partial charge in [-0.2, -0.15) is 13.2 Å². The van der Waals surface area contributed by atoms with Crippen molar-refractivity contribution in [2.75, 3.05) is 32.8 Å². The summed E-state index contributed by atoms with van der Waals surface area (Å²) < 4.78 is 40.3. The minimum Gasteiger partial charge on any atom is -0.372 e. The topological polar surface area (TPSA) is 38.5 Å². The number of rotatable bonds is 8. The van der Waals surface area contributed by atoms with E-state index in [0.29, 0.717) is 24.9 Å². The van der Waals surface area contributed by atoms with Gasteiger partial charge >= 0.3 is 6.18 Å². The van der Waals surface area contributed by atoms with E-state index < -0.39 is 12.8 Å². The molecule has 114 valence electrons. The van der Waals surface area contributed by atoms with Crippen LogP contribution in [0.3, 0.4) is 0 Å². The van der Waals surface area contributed by atoms with Gasteiger partial charge in [0.05, 0.1) is 0 Å². The van der Waals surface area contributed by atoms with Gasteiger partial charge in [-0.1, -0.05) is 13.3 Å². The van der Waals surface area contributed by atoms with Crippen LogP contribution < -0.4 is 5.73 Å². The fraction of sp³-hybridized carbons (Fsp3) is 1.00. The quantitative estimate of drug-likeness (QED) is 0.695. The number of nitrogens with zero attached hydrogens (tertiary/aromatic N) is 1. The molecule has 2 atom stereocenters. The Morgan fingerprint density at radius 1 is 1.32 bits per heavy atom. The van der Waals surface area contributed by atoms with E-state index in [4.69, 9.17) is 5.73 Å². The molecule has 0 heterocycles. The predicted octanol–water partition coefficient (Wildman–Crippen LogP) is 2.40. The standard InChI is InChI=1S/C13H25F3N2O/c1-2-18(12-6-3-5-11(12)9-17)7-4-8-19-10-13(14,15)16/h11-12H,2-10,17H2,1H3. The number of hydrogen-bond acceptors (Lipinski definition) is 3. The second-order valence-corrected chi connectivity index (χ2v) is 5.14. The third kappa shape index (κ3) is 6.10. The first kappa shape index (κ1) is 16.7. The van der Waals surface area contributed by atoms with Crippen molar-refractivity contribution in [1.29, 1.82) is 0 Å². The summed E-state index contributed by atoms with van der Waals surface area (Å²) in [6.45, 7) is 3.51. The van der Waals surface area contributed by atoms with Gasteiger partial charge < -0.3 is 15.4 Å². The van der Waals surface area contributed by atoms with Gasteiger partial charge in [-0.15, -0.1) is 0 Å². The van der Waals surface area contributed by atoms with Crippen molar-refractivity contribution in [2.45, 2.75) is 44.8 Å². The molecule has 0 saturated heterocycles. The second kappa shape index (κ2) is 8.07. The van der Waals surface area contributed by atoms with Crippen molar-refractivity contribution in [3.8, 4) is 0 Å². The molecule has 3 nitrogen and oxygen atoms in total. The van der Waals surface area contributed by atoms with Crippen molar-refractivity contribution in [3.63, 3.8) is 0 Å². The zero-order valence-electron chi connectivity index (χ0n) is 11.6. The lowest BCUT2D eigenvalue weighted by Crippen LogP contribution is -2.41. The highest BCUT2D eigenvalue weighted by molar-refractivity contribution is 4.85. The summed E-state index contributed by atoms with van der Waals surface area (Å²) in [6.07, 6.45) is -0.0623. The Morgan fingerprint density at radius 3 is 2.63 bits per heavy atom. The van der Waals surface area contributed by atoms with Gasteiger partial charge in [0, 0.05) is 19.2 Å². The van der Waals surface area contributed by atoms with E-state index in [-0.39, 0.29) is 6.61 Å². The summed E-state index contributed by atoms with van der Waals surface area (Å²) in [7, 11) is 0. The highest BCUT2D eigenvalue weighted by Gasteiger charge is 2.30. The van der Waals surface area contributed by atoms with Crippen LogP contribution in [0.1, 0.15) is 32.6 Å². The Labute approximate surface area is 113 Å². The van der Waals surface area contributed by atoms with E-state index in [1.807, 2.05) is 0 Å². The number of alkyl halides is 3. The van der Waals surface area contributed by atoms with Crippen molar-refractivity contribution < 1.29 is 17.9 Å². The average molecular weight is 282 g/mol. The van der Waals surface area contributed by atoms with E-state index in [2.05, 4.69) is 16.6 Å². The van der Waals surface area contributed by atoms with Gasteiger partial charge in [0.15, 0.2) is 0 Å². The van der Waals surface area contributed by atoms with Crippen LogP contribution in [0.5, 0.6) is 0 Å². The summed E-state index contributed by atoms with van der Waals surface area (Å²) >= 11 is 0. The van der Waals surface area contributed by atoms with Crippen LogP contribution >= 0.6 is 0 Å². The predicted molar refractivity (Wildman–Crippen MR) is 68.9 cm³/mol. The molecule has 0 spiro atoms. The number of ether oxygens (including phenoxy) is 1. The Hall–Kier alpha value is -0.330. The molecule has 0 radical (unpaired) electrons. The van der Waals surface area contributed by atoms with E-state index >= 15 is 0 Å². The third-order valence-electron chi connectivity index (χ3n) is 3.80. The molecular weight excluding hydrogens is 257 g/mol. The van der Waals surface area contributed by atoms with Gasteiger partial charge in [0.1, 0.15) is 6.61 Å². The van der Waals surface area contributed by atoms with Crippen LogP contribution in [0.15, 0.2) is 0 Å². The van der Waals surface area contributed by atoms with Crippen LogP contribution in [0.2, 0.25) is 0 Å². The minimum absolute atomic E-state index is 0.163. The van der Waals surface area contributed by atoms with Crippen molar-refractivity contribution >= 4 is 0 Å². The molecule has 1 aliphatic rings. The minimum atomic E-state index is -4.22. The van der Waals surface area contributed by atoms with E-state index in [9.17, 15) is 13.2 Å². The Bertz CT molecular complexity index is 249. The molecule has 0 aromatic carbocycles.